The number of carbonyl (C=O) groups excluding carboxylic acids is 2. The number of amides is 2. The third-order valence-corrected chi connectivity index (χ3v) is 3.46. The van der Waals surface area contributed by atoms with Gasteiger partial charge in [0.25, 0.3) is 0 Å². The molecule has 2 aliphatic heterocycles. The third-order valence-electron chi connectivity index (χ3n) is 3.46. The van der Waals surface area contributed by atoms with Gasteiger partial charge in [-0.2, -0.15) is 0 Å². The molecule has 2 saturated heterocycles. The second-order valence-corrected chi connectivity index (χ2v) is 6.27. The predicted molar refractivity (Wildman–Crippen MR) is 73.4 cm³/mol. The first-order chi connectivity index (χ1) is 9.38. The fourth-order valence-corrected chi connectivity index (χ4v) is 2.55. The van der Waals surface area contributed by atoms with Crippen LogP contribution in [0.15, 0.2) is 0 Å². The van der Waals surface area contributed by atoms with Crippen molar-refractivity contribution in [2.24, 2.45) is 0 Å². The Kier molecular flexibility index (Phi) is 4.52. The molecule has 6 nitrogen and oxygen atoms in total. The Bertz CT molecular complexity index is 372. The molecule has 114 valence electrons. The van der Waals surface area contributed by atoms with Crippen molar-refractivity contribution < 1.29 is 19.1 Å². The monoisotopic (exact) mass is 284 g/mol. The molecule has 0 aromatic carbocycles. The zero-order valence-corrected chi connectivity index (χ0v) is 12.6. The molecule has 0 saturated carbocycles. The van der Waals surface area contributed by atoms with Crippen molar-refractivity contribution in [3.8, 4) is 0 Å². The molecule has 2 aliphatic rings. The molecule has 2 amide bonds. The van der Waals surface area contributed by atoms with E-state index in [1.807, 2.05) is 20.8 Å². The number of esters is 1. The lowest BCUT2D eigenvalue weighted by Crippen LogP contribution is -2.52. The Morgan fingerprint density at radius 2 is 1.80 bits per heavy atom. The summed E-state index contributed by atoms with van der Waals surface area (Å²) in [6.07, 6.45) is 1.53. The Labute approximate surface area is 120 Å². The van der Waals surface area contributed by atoms with E-state index in [4.69, 9.17) is 9.47 Å². The number of carbonyl (C=O) groups is 2. The molecule has 0 aliphatic carbocycles. The van der Waals surface area contributed by atoms with Crippen LogP contribution in [0.3, 0.4) is 0 Å². The first kappa shape index (κ1) is 15.1. The number of nitrogens with zero attached hydrogens (tertiary/aromatic N) is 2. The van der Waals surface area contributed by atoms with Crippen LogP contribution in [0.1, 0.15) is 33.6 Å². The number of urea groups is 1. The van der Waals surface area contributed by atoms with Gasteiger partial charge in [-0.05, 0) is 33.6 Å². The van der Waals surface area contributed by atoms with Crippen molar-refractivity contribution in [2.45, 2.75) is 45.3 Å². The van der Waals surface area contributed by atoms with Crippen molar-refractivity contribution in [3.05, 3.63) is 0 Å². The highest BCUT2D eigenvalue weighted by Gasteiger charge is 2.38. The first-order valence-corrected chi connectivity index (χ1v) is 7.24. The van der Waals surface area contributed by atoms with E-state index < -0.39 is 11.6 Å². The molecule has 2 rings (SSSR count). The minimum Gasteiger partial charge on any atom is -0.458 e. The van der Waals surface area contributed by atoms with E-state index in [1.165, 1.54) is 0 Å². The number of likely N-dealkylation sites (tertiary alicyclic amines) is 1. The smallest absolute Gasteiger partial charge is 0.329 e. The maximum Gasteiger partial charge on any atom is 0.329 e. The molecule has 0 aromatic heterocycles. The van der Waals surface area contributed by atoms with Crippen LogP contribution in [0.5, 0.6) is 0 Å². The zero-order chi connectivity index (χ0) is 14.8. The fraction of sp³-hybridized carbons (Fsp3) is 0.857. The summed E-state index contributed by atoms with van der Waals surface area (Å²) in [4.78, 5) is 28.1. The molecule has 0 bridgehead atoms. The summed E-state index contributed by atoms with van der Waals surface area (Å²) in [5, 5.41) is 0. The van der Waals surface area contributed by atoms with Gasteiger partial charge in [0.05, 0.1) is 13.2 Å². The normalized spacial score (nSPS) is 23.9. The van der Waals surface area contributed by atoms with E-state index in [-0.39, 0.29) is 12.0 Å². The van der Waals surface area contributed by atoms with Crippen molar-refractivity contribution in [1.29, 1.82) is 0 Å². The average Bonchev–Trinajstić information content (AvgIpc) is 2.86. The average molecular weight is 284 g/mol. The summed E-state index contributed by atoms with van der Waals surface area (Å²) in [6, 6.07) is -0.508. The minimum atomic E-state index is -0.520. The van der Waals surface area contributed by atoms with Crippen LogP contribution < -0.4 is 0 Å². The molecule has 0 aromatic rings. The molecule has 2 fully saturated rings. The molecule has 0 spiro atoms. The molecular formula is C14H24N2O4. The van der Waals surface area contributed by atoms with Gasteiger partial charge in [0, 0.05) is 19.6 Å². The van der Waals surface area contributed by atoms with Gasteiger partial charge in [-0.3, -0.25) is 0 Å². The van der Waals surface area contributed by atoms with Crippen LogP contribution in [-0.4, -0.2) is 66.3 Å². The van der Waals surface area contributed by atoms with Crippen molar-refractivity contribution in [1.82, 2.24) is 9.80 Å². The van der Waals surface area contributed by atoms with Gasteiger partial charge >= 0.3 is 12.0 Å². The highest BCUT2D eigenvalue weighted by Crippen LogP contribution is 2.22. The van der Waals surface area contributed by atoms with Crippen molar-refractivity contribution in [3.63, 3.8) is 0 Å². The van der Waals surface area contributed by atoms with Gasteiger partial charge < -0.3 is 19.3 Å². The third kappa shape index (κ3) is 3.62. The van der Waals surface area contributed by atoms with E-state index in [0.717, 1.165) is 6.42 Å². The van der Waals surface area contributed by atoms with Gasteiger partial charge in [-0.1, -0.05) is 0 Å². The highest BCUT2D eigenvalue weighted by atomic mass is 16.6. The summed E-state index contributed by atoms with van der Waals surface area (Å²) in [6.45, 7) is 8.47. The van der Waals surface area contributed by atoms with Crippen LogP contribution in [0.4, 0.5) is 4.79 Å². The van der Waals surface area contributed by atoms with E-state index in [2.05, 4.69) is 0 Å². The van der Waals surface area contributed by atoms with Crippen LogP contribution in [-0.2, 0) is 14.3 Å². The fourth-order valence-electron chi connectivity index (χ4n) is 2.55. The summed E-state index contributed by atoms with van der Waals surface area (Å²) in [5.74, 6) is -0.295. The van der Waals surface area contributed by atoms with Gasteiger partial charge in [0.15, 0.2) is 0 Å². The molecule has 0 radical (unpaired) electrons. The molecule has 0 N–H and O–H groups in total. The van der Waals surface area contributed by atoms with Crippen molar-refractivity contribution >= 4 is 12.0 Å². The number of hydrogen-bond donors (Lipinski definition) is 0. The maximum atomic E-state index is 12.5. The molecule has 20 heavy (non-hydrogen) atoms. The first-order valence-electron chi connectivity index (χ1n) is 7.24. The molecule has 0 unspecified atom stereocenters. The molecule has 2 heterocycles. The summed E-state index contributed by atoms with van der Waals surface area (Å²) in [7, 11) is 0. The minimum absolute atomic E-state index is 0.0679. The molecular weight excluding hydrogens is 260 g/mol. The second kappa shape index (κ2) is 5.99. The SMILES string of the molecule is CC(C)(C)OC(=O)[C@H]1CCCN1C(=O)N1CCOCC1. The number of ether oxygens (including phenoxy) is 2. The van der Waals surface area contributed by atoms with E-state index in [9.17, 15) is 9.59 Å². The van der Waals surface area contributed by atoms with Crippen LogP contribution in [0.25, 0.3) is 0 Å². The molecule has 1 atom stereocenters. The quantitative estimate of drug-likeness (QED) is 0.680. The van der Waals surface area contributed by atoms with E-state index in [0.29, 0.717) is 39.3 Å². The number of rotatable bonds is 1. The standard InChI is InChI=1S/C14H24N2O4/c1-14(2,3)20-12(17)11-5-4-6-16(11)13(18)15-7-9-19-10-8-15/h11H,4-10H2,1-3H3/t11-/m1/s1. The predicted octanol–water partition coefficient (Wildman–Crippen LogP) is 1.24. The van der Waals surface area contributed by atoms with Gasteiger partial charge in [-0.15, -0.1) is 0 Å². The van der Waals surface area contributed by atoms with Crippen LogP contribution in [0, 0.1) is 0 Å². The van der Waals surface area contributed by atoms with Crippen LogP contribution >= 0.6 is 0 Å². The Morgan fingerprint density at radius 3 is 2.40 bits per heavy atom. The number of hydrogen-bond acceptors (Lipinski definition) is 4. The maximum absolute atomic E-state index is 12.5. The lowest BCUT2D eigenvalue weighted by atomic mass is 10.1. The Hall–Kier alpha value is -1.30. The lowest BCUT2D eigenvalue weighted by Gasteiger charge is -2.34. The van der Waals surface area contributed by atoms with Gasteiger partial charge in [0.2, 0.25) is 0 Å². The van der Waals surface area contributed by atoms with Gasteiger partial charge in [0.1, 0.15) is 11.6 Å². The van der Waals surface area contributed by atoms with Crippen LogP contribution in [0.2, 0.25) is 0 Å². The Balaban J connectivity index is 1.99. The van der Waals surface area contributed by atoms with E-state index >= 15 is 0 Å². The second-order valence-electron chi connectivity index (χ2n) is 6.27. The molecule has 6 heteroatoms. The Morgan fingerprint density at radius 1 is 1.15 bits per heavy atom. The number of morpholine rings is 1. The highest BCUT2D eigenvalue weighted by molar-refractivity contribution is 5.84. The van der Waals surface area contributed by atoms with Gasteiger partial charge in [-0.25, -0.2) is 9.59 Å². The lowest BCUT2D eigenvalue weighted by molar-refractivity contribution is -0.159. The van der Waals surface area contributed by atoms with Crippen molar-refractivity contribution in [2.75, 3.05) is 32.8 Å². The van der Waals surface area contributed by atoms with E-state index in [1.54, 1.807) is 9.80 Å². The zero-order valence-electron chi connectivity index (χ0n) is 12.6. The topological polar surface area (TPSA) is 59.1 Å². The summed E-state index contributed by atoms with van der Waals surface area (Å²) >= 11 is 0. The largest absolute Gasteiger partial charge is 0.458 e. The summed E-state index contributed by atoms with van der Waals surface area (Å²) in [5.41, 5.74) is -0.520. The summed E-state index contributed by atoms with van der Waals surface area (Å²) < 4.78 is 10.7.